The van der Waals surface area contributed by atoms with Crippen molar-refractivity contribution in [2.75, 3.05) is 4.90 Å². The fourth-order valence-electron chi connectivity index (χ4n) is 8.09. The molecule has 0 bridgehead atoms. The molecular weight excluding hydrogens is 653 g/mol. The van der Waals surface area contributed by atoms with Crippen molar-refractivity contribution in [3.05, 3.63) is 218 Å². The number of fused-ring (bicyclic) bond motifs is 4. The molecule has 0 spiro atoms. The number of hydrogen-bond donors (Lipinski definition) is 0. The van der Waals surface area contributed by atoms with Gasteiger partial charge in [-0.1, -0.05) is 170 Å². The van der Waals surface area contributed by atoms with Crippen LogP contribution in [-0.2, 0) is 0 Å². The third kappa shape index (κ3) is 5.44. The number of hydrogen-bond acceptors (Lipinski definition) is 1. The van der Waals surface area contributed by atoms with Crippen LogP contribution in [0.15, 0.2) is 218 Å². The average molecular weight is 689 g/mol. The molecule has 0 fully saturated rings. The van der Waals surface area contributed by atoms with E-state index < -0.39 is 0 Å². The van der Waals surface area contributed by atoms with Crippen molar-refractivity contribution in [1.82, 2.24) is 4.57 Å². The summed E-state index contributed by atoms with van der Waals surface area (Å²) in [6.45, 7) is 0. The van der Waals surface area contributed by atoms with Crippen LogP contribution in [0.2, 0.25) is 0 Å². The summed E-state index contributed by atoms with van der Waals surface area (Å²) < 4.78 is 2.46. The van der Waals surface area contributed by atoms with Crippen molar-refractivity contribution < 1.29 is 0 Å². The normalized spacial score (nSPS) is 11.3. The average Bonchev–Trinajstić information content (AvgIpc) is 3.59. The molecule has 254 valence electrons. The highest BCUT2D eigenvalue weighted by molar-refractivity contribution is 6.17. The molecule has 0 aliphatic carbocycles. The predicted molar refractivity (Wildman–Crippen MR) is 229 cm³/mol. The first-order valence-electron chi connectivity index (χ1n) is 18.5. The van der Waals surface area contributed by atoms with Gasteiger partial charge in [0.2, 0.25) is 0 Å². The second-order valence-electron chi connectivity index (χ2n) is 13.7. The Kier molecular flexibility index (Phi) is 7.85. The minimum absolute atomic E-state index is 1.10. The first kappa shape index (κ1) is 31.6. The molecule has 0 radical (unpaired) electrons. The van der Waals surface area contributed by atoms with E-state index in [1.54, 1.807) is 0 Å². The van der Waals surface area contributed by atoms with Crippen LogP contribution >= 0.6 is 0 Å². The maximum Gasteiger partial charge on any atom is 0.0562 e. The minimum Gasteiger partial charge on any atom is -0.309 e. The standard InChI is InChI=1S/C52H36N2/c1-3-16-37(17-4-1)39-32-34-43(35-33-39)53(47-25-12-9-22-44(47)40-19-5-2-6-20-40)50-28-15-29-51-52(50)46-24-11-14-27-49(46)54(51)48-26-13-10-23-45(48)42-31-30-38-18-7-8-21-41(38)36-42/h1-36H. The van der Waals surface area contributed by atoms with Crippen molar-refractivity contribution >= 4 is 49.6 Å². The smallest absolute Gasteiger partial charge is 0.0562 e. The Hall–Kier alpha value is -7.16. The molecule has 0 amide bonds. The Morgan fingerprint density at radius 3 is 1.72 bits per heavy atom. The van der Waals surface area contributed by atoms with Crippen molar-refractivity contribution in [2.24, 2.45) is 0 Å². The minimum atomic E-state index is 1.10. The Morgan fingerprint density at radius 2 is 0.907 bits per heavy atom. The molecule has 0 saturated heterocycles. The summed E-state index contributed by atoms with van der Waals surface area (Å²) in [4.78, 5) is 2.45. The summed E-state index contributed by atoms with van der Waals surface area (Å²) in [5.74, 6) is 0. The topological polar surface area (TPSA) is 8.17 Å². The van der Waals surface area contributed by atoms with E-state index in [9.17, 15) is 0 Å². The molecule has 0 unspecified atom stereocenters. The summed E-state index contributed by atoms with van der Waals surface area (Å²) in [5.41, 5.74) is 14.0. The number of nitrogens with zero attached hydrogens (tertiary/aromatic N) is 2. The van der Waals surface area contributed by atoms with E-state index in [0.717, 1.165) is 28.3 Å². The van der Waals surface area contributed by atoms with Crippen LogP contribution in [0.1, 0.15) is 0 Å². The summed E-state index contributed by atoms with van der Waals surface area (Å²) in [5, 5.41) is 4.89. The largest absolute Gasteiger partial charge is 0.309 e. The molecule has 10 aromatic rings. The molecule has 0 aliphatic heterocycles. The van der Waals surface area contributed by atoms with Gasteiger partial charge >= 0.3 is 0 Å². The van der Waals surface area contributed by atoms with Crippen molar-refractivity contribution in [3.63, 3.8) is 0 Å². The lowest BCUT2D eigenvalue weighted by Crippen LogP contribution is -2.11. The van der Waals surface area contributed by atoms with Crippen LogP contribution < -0.4 is 4.90 Å². The molecule has 0 saturated carbocycles. The third-order valence-corrected chi connectivity index (χ3v) is 10.6. The van der Waals surface area contributed by atoms with Crippen LogP contribution in [-0.4, -0.2) is 4.57 Å². The Balaban J connectivity index is 1.23. The van der Waals surface area contributed by atoms with Gasteiger partial charge in [0.05, 0.1) is 28.1 Å². The highest BCUT2D eigenvalue weighted by atomic mass is 15.2. The van der Waals surface area contributed by atoms with Crippen LogP contribution in [0.25, 0.3) is 71.6 Å². The lowest BCUT2D eigenvalue weighted by Gasteiger charge is -2.29. The lowest BCUT2D eigenvalue weighted by molar-refractivity contribution is 1.18. The lowest BCUT2D eigenvalue weighted by atomic mass is 9.99. The zero-order chi connectivity index (χ0) is 35.8. The predicted octanol–water partition coefficient (Wildman–Crippen LogP) is 14.4. The molecular formula is C52H36N2. The van der Waals surface area contributed by atoms with Crippen LogP contribution in [0.4, 0.5) is 17.1 Å². The van der Waals surface area contributed by atoms with Crippen molar-refractivity contribution in [1.29, 1.82) is 0 Å². The van der Waals surface area contributed by atoms with Gasteiger partial charge in [-0.3, -0.25) is 0 Å². The number of benzene rings is 9. The summed E-state index contributed by atoms with van der Waals surface area (Å²) in [6.07, 6.45) is 0. The van der Waals surface area contributed by atoms with Gasteiger partial charge in [0.1, 0.15) is 0 Å². The summed E-state index contributed by atoms with van der Waals surface area (Å²) in [7, 11) is 0. The van der Waals surface area contributed by atoms with E-state index in [0.29, 0.717) is 0 Å². The van der Waals surface area contributed by atoms with Gasteiger partial charge in [0.15, 0.2) is 0 Å². The van der Waals surface area contributed by atoms with E-state index in [4.69, 9.17) is 0 Å². The zero-order valence-corrected chi connectivity index (χ0v) is 29.7. The molecule has 1 heterocycles. The second kappa shape index (κ2) is 13.4. The first-order chi connectivity index (χ1) is 26.8. The van der Waals surface area contributed by atoms with Crippen LogP contribution in [0, 0.1) is 0 Å². The quantitative estimate of drug-likeness (QED) is 0.162. The molecule has 0 aliphatic rings. The SMILES string of the molecule is c1ccc(-c2ccc(N(c3ccccc3-c3ccccc3)c3cccc4c3c3ccccc3n4-c3ccccc3-c3ccc4ccccc4c3)cc2)cc1. The zero-order valence-electron chi connectivity index (χ0n) is 29.7. The summed E-state index contributed by atoms with van der Waals surface area (Å²) in [6, 6.07) is 78.9. The van der Waals surface area contributed by atoms with Gasteiger partial charge in [-0.05, 0) is 81.6 Å². The van der Waals surface area contributed by atoms with E-state index in [2.05, 4.69) is 228 Å². The van der Waals surface area contributed by atoms with E-state index in [1.165, 1.54) is 60.4 Å². The van der Waals surface area contributed by atoms with Gasteiger partial charge in [0, 0.05) is 27.6 Å². The third-order valence-electron chi connectivity index (χ3n) is 10.6. The highest BCUT2D eigenvalue weighted by Crippen LogP contribution is 2.47. The van der Waals surface area contributed by atoms with E-state index >= 15 is 0 Å². The fourth-order valence-corrected chi connectivity index (χ4v) is 8.09. The van der Waals surface area contributed by atoms with Crippen LogP contribution in [0.5, 0.6) is 0 Å². The summed E-state index contributed by atoms with van der Waals surface area (Å²) >= 11 is 0. The number of anilines is 3. The van der Waals surface area contributed by atoms with Crippen LogP contribution in [0.3, 0.4) is 0 Å². The van der Waals surface area contributed by atoms with Crippen molar-refractivity contribution in [2.45, 2.75) is 0 Å². The highest BCUT2D eigenvalue weighted by Gasteiger charge is 2.23. The molecule has 1 aromatic heterocycles. The maximum atomic E-state index is 2.46. The Labute approximate surface area is 315 Å². The van der Waals surface area contributed by atoms with Crippen molar-refractivity contribution in [3.8, 4) is 39.1 Å². The van der Waals surface area contributed by atoms with Gasteiger partial charge < -0.3 is 9.47 Å². The molecule has 2 nitrogen and oxygen atoms in total. The molecule has 54 heavy (non-hydrogen) atoms. The number of rotatable bonds is 7. The molecule has 9 aromatic carbocycles. The number of aromatic nitrogens is 1. The second-order valence-corrected chi connectivity index (χ2v) is 13.7. The number of para-hydroxylation sites is 3. The molecule has 0 N–H and O–H groups in total. The Bertz CT molecular complexity index is 2920. The molecule has 2 heteroatoms. The fraction of sp³-hybridized carbons (Fsp3) is 0. The first-order valence-corrected chi connectivity index (χ1v) is 18.5. The maximum absolute atomic E-state index is 2.46. The van der Waals surface area contributed by atoms with Gasteiger partial charge in [0.25, 0.3) is 0 Å². The monoisotopic (exact) mass is 688 g/mol. The van der Waals surface area contributed by atoms with Gasteiger partial charge in [-0.15, -0.1) is 0 Å². The van der Waals surface area contributed by atoms with E-state index in [-0.39, 0.29) is 0 Å². The molecule has 0 atom stereocenters. The van der Waals surface area contributed by atoms with Gasteiger partial charge in [-0.2, -0.15) is 0 Å². The van der Waals surface area contributed by atoms with Gasteiger partial charge in [-0.25, -0.2) is 0 Å². The Morgan fingerprint density at radius 1 is 0.333 bits per heavy atom. The molecule has 10 rings (SSSR count). The van der Waals surface area contributed by atoms with E-state index in [1.807, 2.05) is 0 Å².